The number of ether oxygens (including phenoxy) is 2. The van der Waals surface area contributed by atoms with E-state index in [0.717, 1.165) is 57.8 Å². The van der Waals surface area contributed by atoms with Gasteiger partial charge in [-0.1, -0.05) is 102 Å². The van der Waals surface area contributed by atoms with E-state index < -0.39 is 6.10 Å². The fraction of sp³-hybridized carbons (Fsp3) is 0.812. The van der Waals surface area contributed by atoms with E-state index in [1.165, 1.54) is 64.2 Å². The second kappa shape index (κ2) is 28.9. The van der Waals surface area contributed by atoms with Gasteiger partial charge >= 0.3 is 11.9 Å². The molecule has 0 radical (unpaired) electrons. The Morgan fingerprint density at radius 1 is 0.595 bits per heavy atom. The van der Waals surface area contributed by atoms with Gasteiger partial charge in [-0.3, -0.25) is 9.59 Å². The molecule has 1 unspecified atom stereocenters. The van der Waals surface area contributed by atoms with E-state index in [1.807, 2.05) is 0 Å². The van der Waals surface area contributed by atoms with Gasteiger partial charge in [0.05, 0.1) is 6.61 Å². The molecule has 0 aromatic heterocycles. The van der Waals surface area contributed by atoms with Crippen LogP contribution < -0.4 is 0 Å². The van der Waals surface area contributed by atoms with Crippen LogP contribution in [0.2, 0.25) is 0 Å². The van der Waals surface area contributed by atoms with Crippen LogP contribution in [0, 0.1) is 0 Å². The Labute approximate surface area is 228 Å². The molecule has 37 heavy (non-hydrogen) atoms. The normalized spacial score (nSPS) is 12.4. The van der Waals surface area contributed by atoms with E-state index in [2.05, 4.69) is 38.2 Å². The monoisotopic (exact) mass is 522 g/mol. The van der Waals surface area contributed by atoms with E-state index >= 15 is 0 Å². The van der Waals surface area contributed by atoms with Crippen molar-refractivity contribution in [2.24, 2.45) is 0 Å². The molecule has 0 saturated heterocycles. The summed E-state index contributed by atoms with van der Waals surface area (Å²) in [7, 11) is 0. The summed E-state index contributed by atoms with van der Waals surface area (Å²) in [6, 6.07) is 0. The number of aliphatic hydroxyl groups excluding tert-OH is 1. The molecule has 216 valence electrons. The molecule has 0 heterocycles. The van der Waals surface area contributed by atoms with Crippen LogP contribution in [0.15, 0.2) is 24.3 Å². The third kappa shape index (κ3) is 27.2. The maximum Gasteiger partial charge on any atom is 0.306 e. The van der Waals surface area contributed by atoms with Gasteiger partial charge in [0.1, 0.15) is 6.61 Å². The molecule has 0 aromatic carbocycles. The smallest absolute Gasteiger partial charge is 0.306 e. The van der Waals surface area contributed by atoms with E-state index in [-0.39, 0.29) is 25.2 Å². The van der Waals surface area contributed by atoms with Crippen LogP contribution in [-0.4, -0.2) is 36.4 Å². The van der Waals surface area contributed by atoms with Crippen LogP contribution in [0.5, 0.6) is 0 Å². The molecule has 5 heteroatoms. The second-order valence-corrected chi connectivity index (χ2v) is 10.2. The minimum Gasteiger partial charge on any atom is -0.462 e. The summed E-state index contributed by atoms with van der Waals surface area (Å²) in [5.74, 6) is -0.617. The molecule has 1 atom stereocenters. The van der Waals surface area contributed by atoms with Gasteiger partial charge in [-0.25, -0.2) is 0 Å². The van der Waals surface area contributed by atoms with Crippen molar-refractivity contribution in [2.75, 3.05) is 13.2 Å². The van der Waals surface area contributed by atoms with Crippen molar-refractivity contribution < 1.29 is 24.2 Å². The summed E-state index contributed by atoms with van der Waals surface area (Å²) in [4.78, 5) is 24.0. The van der Waals surface area contributed by atoms with Gasteiger partial charge in [0, 0.05) is 12.8 Å². The third-order valence-corrected chi connectivity index (χ3v) is 6.45. The lowest BCUT2D eigenvalue weighted by atomic mass is 10.1. The van der Waals surface area contributed by atoms with Gasteiger partial charge in [0.25, 0.3) is 0 Å². The number of hydrogen-bond donors (Lipinski definition) is 1. The first kappa shape index (κ1) is 35.4. The standard InChI is InChI=1S/C32H58O5/c1-3-5-7-9-11-13-15-16-17-19-21-23-25-27-32(35)37-30(28-33)29-36-31(34)26-24-22-20-18-14-12-10-8-6-4-2/h8,10,13,15,30,33H,3-7,9,11-12,14,16-29H2,1-2H3/b10-8-,15-13-. The Morgan fingerprint density at radius 2 is 1.05 bits per heavy atom. The van der Waals surface area contributed by atoms with Gasteiger partial charge < -0.3 is 14.6 Å². The van der Waals surface area contributed by atoms with E-state index in [1.54, 1.807) is 0 Å². The van der Waals surface area contributed by atoms with Gasteiger partial charge in [0.15, 0.2) is 6.10 Å². The number of carbonyl (C=O) groups excluding carboxylic acids is 2. The van der Waals surface area contributed by atoms with Crippen molar-refractivity contribution in [1.29, 1.82) is 0 Å². The molecule has 0 rings (SSSR count). The molecule has 0 amide bonds. The average molecular weight is 523 g/mol. The van der Waals surface area contributed by atoms with Crippen LogP contribution >= 0.6 is 0 Å². The minimum absolute atomic E-state index is 0.0721. The molecule has 0 aliphatic rings. The predicted octanol–water partition coefficient (Wildman–Crippen LogP) is 8.78. The molecule has 1 N–H and O–H groups in total. The number of allylic oxidation sites excluding steroid dienone is 4. The Morgan fingerprint density at radius 3 is 1.57 bits per heavy atom. The minimum atomic E-state index is -0.772. The van der Waals surface area contributed by atoms with Gasteiger partial charge in [-0.05, 0) is 57.8 Å². The fourth-order valence-corrected chi connectivity index (χ4v) is 4.08. The highest BCUT2D eigenvalue weighted by atomic mass is 16.6. The zero-order chi connectivity index (χ0) is 27.2. The van der Waals surface area contributed by atoms with Gasteiger partial charge in [0.2, 0.25) is 0 Å². The molecule has 0 fully saturated rings. The molecule has 0 aromatic rings. The Kier molecular flexibility index (Phi) is 27.7. The highest BCUT2D eigenvalue weighted by Gasteiger charge is 2.16. The van der Waals surface area contributed by atoms with Crippen LogP contribution in [0.1, 0.15) is 149 Å². The van der Waals surface area contributed by atoms with Crippen molar-refractivity contribution in [3.05, 3.63) is 24.3 Å². The Balaban J connectivity index is 3.63. The summed E-state index contributed by atoms with van der Waals surface area (Å²) in [5, 5.41) is 9.46. The third-order valence-electron chi connectivity index (χ3n) is 6.45. The summed E-state index contributed by atoms with van der Waals surface area (Å²) >= 11 is 0. The molecular weight excluding hydrogens is 464 g/mol. The first-order valence-corrected chi connectivity index (χ1v) is 15.4. The maximum absolute atomic E-state index is 12.0. The van der Waals surface area contributed by atoms with E-state index in [9.17, 15) is 14.7 Å². The van der Waals surface area contributed by atoms with Crippen molar-refractivity contribution in [2.45, 2.75) is 155 Å². The Hall–Kier alpha value is -1.62. The second-order valence-electron chi connectivity index (χ2n) is 10.2. The average Bonchev–Trinajstić information content (AvgIpc) is 2.90. The highest BCUT2D eigenvalue weighted by molar-refractivity contribution is 5.70. The van der Waals surface area contributed by atoms with Crippen LogP contribution in [0.3, 0.4) is 0 Å². The number of carbonyl (C=O) groups is 2. The van der Waals surface area contributed by atoms with Gasteiger partial charge in [-0.2, -0.15) is 0 Å². The number of unbranched alkanes of at least 4 members (excludes halogenated alkanes) is 15. The topological polar surface area (TPSA) is 72.8 Å². The molecule has 0 spiro atoms. The lowest BCUT2D eigenvalue weighted by Crippen LogP contribution is -2.28. The summed E-state index contributed by atoms with van der Waals surface area (Å²) in [6.07, 6.45) is 30.8. The molecule has 0 saturated carbocycles. The first-order valence-electron chi connectivity index (χ1n) is 15.4. The molecule has 0 bridgehead atoms. The van der Waals surface area contributed by atoms with Crippen molar-refractivity contribution in [3.63, 3.8) is 0 Å². The van der Waals surface area contributed by atoms with Crippen molar-refractivity contribution in [3.8, 4) is 0 Å². The summed E-state index contributed by atoms with van der Waals surface area (Å²) in [6.45, 7) is 4.02. The molecular formula is C32H58O5. The largest absolute Gasteiger partial charge is 0.462 e. The van der Waals surface area contributed by atoms with Crippen LogP contribution in [0.25, 0.3) is 0 Å². The van der Waals surface area contributed by atoms with Crippen molar-refractivity contribution >= 4 is 11.9 Å². The lowest BCUT2D eigenvalue weighted by Gasteiger charge is -2.15. The number of hydrogen-bond acceptors (Lipinski definition) is 5. The number of aliphatic hydroxyl groups is 1. The SMILES string of the molecule is CCC/C=C\CCCCCCCC(=O)OCC(CO)OC(=O)CCCCCCC/C=C\CCCCCC. The first-order chi connectivity index (χ1) is 18.1. The predicted molar refractivity (Wildman–Crippen MR) is 155 cm³/mol. The quantitative estimate of drug-likeness (QED) is 0.0663. The van der Waals surface area contributed by atoms with Crippen LogP contribution in [-0.2, 0) is 19.1 Å². The maximum atomic E-state index is 12.0. The molecule has 5 nitrogen and oxygen atoms in total. The highest BCUT2D eigenvalue weighted by Crippen LogP contribution is 2.11. The lowest BCUT2D eigenvalue weighted by molar-refractivity contribution is -0.161. The summed E-state index contributed by atoms with van der Waals surface area (Å²) < 4.78 is 10.5. The van der Waals surface area contributed by atoms with Gasteiger partial charge in [-0.15, -0.1) is 0 Å². The summed E-state index contributed by atoms with van der Waals surface area (Å²) in [5.41, 5.74) is 0. The van der Waals surface area contributed by atoms with E-state index in [4.69, 9.17) is 9.47 Å². The Bertz CT molecular complexity index is 570. The van der Waals surface area contributed by atoms with E-state index in [0.29, 0.717) is 12.8 Å². The molecule has 0 aliphatic heterocycles. The molecule has 0 aliphatic carbocycles. The number of rotatable bonds is 27. The number of esters is 2. The fourth-order valence-electron chi connectivity index (χ4n) is 4.08. The zero-order valence-corrected chi connectivity index (χ0v) is 24.2. The van der Waals surface area contributed by atoms with Crippen molar-refractivity contribution in [1.82, 2.24) is 0 Å². The van der Waals surface area contributed by atoms with Crippen LogP contribution in [0.4, 0.5) is 0 Å². The zero-order valence-electron chi connectivity index (χ0n) is 24.2.